The maximum absolute atomic E-state index is 13.9. The molecular formula is C24H34N2O4S. The molecule has 0 heterocycles. The van der Waals surface area contributed by atoms with E-state index in [0.717, 1.165) is 10.8 Å². The average Bonchev–Trinajstić information content (AvgIpc) is 2.69. The van der Waals surface area contributed by atoms with Crippen LogP contribution in [0.3, 0.4) is 0 Å². The second kappa shape index (κ2) is 9.94. The van der Waals surface area contributed by atoms with Crippen molar-refractivity contribution in [2.75, 3.05) is 6.54 Å². The highest BCUT2D eigenvalue weighted by Crippen LogP contribution is 2.35. The average molecular weight is 447 g/mol. The topological polar surface area (TPSA) is 86.7 Å². The van der Waals surface area contributed by atoms with E-state index in [0.29, 0.717) is 12.0 Å². The standard InChI is InChI=1S/C24H34N2O4S/c1-7-21(20-13-12-18-10-8-9-11-19(18)16-20)31(29,30)26(15-14-17(2)3)22(23(27)25-28)24(4,5)6/h7-13,16-17,21-22,28H,1,14-15H2,2-6H3,(H,25,27). The number of amides is 1. The fourth-order valence-corrected chi connectivity index (χ4v) is 5.86. The van der Waals surface area contributed by atoms with Gasteiger partial charge < -0.3 is 0 Å². The van der Waals surface area contributed by atoms with Crippen molar-refractivity contribution >= 4 is 26.7 Å². The molecule has 2 N–H and O–H groups in total. The number of carbonyl (C=O) groups excluding carboxylic acids is 1. The molecule has 0 aromatic heterocycles. The van der Waals surface area contributed by atoms with Crippen molar-refractivity contribution in [1.82, 2.24) is 9.79 Å². The Balaban J connectivity index is 2.61. The number of carbonyl (C=O) groups is 1. The molecular weight excluding hydrogens is 412 g/mol. The summed E-state index contributed by atoms with van der Waals surface area (Å²) in [7, 11) is -4.02. The molecule has 0 radical (unpaired) electrons. The second-order valence-electron chi connectivity index (χ2n) is 9.35. The van der Waals surface area contributed by atoms with E-state index in [4.69, 9.17) is 0 Å². The molecule has 0 saturated heterocycles. The lowest BCUT2D eigenvalue weighted by atomic mass is 9.86. The maximum atomic E-state index is 13.9. The molecule has 1 amide bonds. The van der Waals surface area contributed by atoms with Crippen molar-refractivity contribution < 1.29 is 18.4 Å². The largest absolute Gasteiger partial charge is 0.289 e. The lowest BCUT2D eigenvalue weighted by Gasteiger charge is -2.39. The van der Waals surface area contributed by atoms with Crippen molar-refractivity contribution in [3.8, 4) is 0 Å². The Kier molecular flexibility index (Phi) is 8.03. The number of nitrogens with one attached hydrogen (secondary N) is 1. The number of fused-ring (bicyclic) bond motifs is 1. The SMILES string of the molecule is C=CC(c1ccc2ccccc2c1)S(=O)(=O)N(CCC(C)C)C(C(=O)NO)C(C)(C)C. The molecule has 170 valence electrons. The number of hydrogen-bond donors (Lipinski definition) is 2. The third-order valence-corrected chi connectivity index (χ3v) is 7.51. The van der Waals surface area contributed by atoms with Gasteiger partial charge in [0.25, 0.3) is 5.91 Å². The summed E-state index contributed by atoms with van der Waals surface area (Å²) in [6.07, 6.45) is 1.98. The van der Waals surface area contributed by atoms with Gasteiger partial charge in [0.05, 0.1) is 0 Å². The minimum atomic E-state index is -4.02. The Bertz CT molecular complexity index is 1030. The van der Waals surface area contributed by atoms with Gasteiger partial charge in [-0.3, -0.25) is 10.0 Å². The van der Waals surface area contributed by atoms with Crippen LogP contribution in [0.5, 0.6) is 0 Å². The van der Waals surface area contributed by atoms with Crippen molar-refractivity contribution in [3.05, 3.63) is 60.7 Å². The van der Waals surface area contributed by atoms with Crippen LogP contribution in [0, 0.1) is 11.3 Å². The van der Waals surface area contributed by atoms with E-state index in [1.54, 1.807) is 32.3 Å². The van der Waals surface area contributed by atoms with E-state index in [1.165, 1.54) is 10.4 Å². The number of nitrogens with zero attached hydrogens (tertiary/aromatic N) is 1. The van der Waals surface area contributed by atoms with Crippen molar-refractivity contribution in [3.63, 3.8) is 0 Å². The van der Waals surface area contributed by atoms with Gasteiger partial charge >= 0.3 is 0 Å². The van der Waals surface area contributed by atoms with Crippen LogP contribution in [0.4, 0.5) is 0 Å². The van der Waals surface area contributed by atoms with Gasteiger partial charge in [-0.05, 0) is 40.2 Å². The quantitative estimate of drug-likeness (QED) is 0.333. The lowest BCUT2D eigenvalue weighted by Crippen LogP contribution is -2.56. The van der Waals surface area contributed by atoms with Crippen molar-refractivity contribution in [1.29, 1.82) is 0 Å². The molecule has 6 nitrogen and oxygen atoms in total. The zero-order chi connectivity index (χ0) is 23.4. The molecule has 2 unspecified atom stereocenters. The van der Waals surface area contributed by atoms with Gasteiger partial charge in [-0.1, -0.05) is 77.1 Å². The first-order valence-corrected chi connectivity index (χ1v) is 12.0. The molecule has 2 rings (SSSR count). The smallest absolute Gasteiger partial charge is 0.262 e. The summed E-state index contributed by atoms with van der Waals surface area (Å²) >= 11 is 0. The number of hydroxylamine groups is 1. The summed E-state index contributed by atoms with van der Waals surface area (Å²) in [6, 6.07) is 12.2. The summed E-state index contributed by atoms with van der Waals surface area (Å²) < 4.78 is 29.1. The Morgan fingerprint density at radius 3 is 2.29 bits per heavy atom. The molecule has 0 fully saturated rings. The van der Waals surface area contributed by atoms with Crippen LogP contribution in [0.15, 0.2) is 55.1 Å². The highest BCUT2D eigenvalue weighted by Gasteiger charge is 2.44. The molecule has 0 aliphatic carbocycles. The number of rotatable bonds is 9. The van der Waals surface area contributed by atoms with Crippen LogP contribution in [0.2, 0.25) is 0 Å². The first-order chi connectivity index (χ1) is 14.4. The maximum Gasteiger partial charge on any atom is 0.262 e. The molecule has 0 bridgehead atoms. The summed E-state index contributed by atoms with van der Waals surface area (Å²) in [5.41, 5.74) is 1.50. The lowest BCUT2D eigenvalue weighted by molar-refractivity contribution is -0.136. The first kappa shape index (κ1) is 25.0. The van der Waals surface area contributed by atoms with Crippen LogP contribution >= 0.6 is 0 Å². The van der Waals surface area contributed by atoms with Crippen LogP contribution in [-0.4, -0.2) is 36.4 Å². The van der Waals surface area contributed by atoms with Crippen LogP contribution < -0.4 is 5.48 Å². The summed E-state index contributed by atoms with van der Waals surface area (Å²) in [5, 5.41) is 10.3. The second-order valence-corrected chi connectivity index (χ2v) is 11.4. The van der Waals surface area contributed by atoms with Crippen molar-refractivity contribution in [2.45, 2.75) is 52.3 Å². The van der Waals surface area contributed by atoms with E-state index < -0.39 is 32.6 Å². The van der Waals surface area contributed by atoms with Gasteiger partial charge in [0.2, 0.25) is 10.0 Å². The van der Waals surface area contributed by atoms with Gasteiger partial charge in [0.1, 0.15) is 11.3 Å². The number of benzene rings is 2. The van der Waals surface area contributed by atoms with Gasteiger partial charge in [-0.2, -0.15) is 4.31 Å². The van der Waals surface area contributed by atoms with Gasteiger partial charge in [-0.15, -0.1) is 6.58 Å². The van der Waals surface area contributed by atoms with E-state index in [9.17, 15) is 18.4 Å². The zero-order valence-corrected chi connectivity index (χ0v) is 19.8. The van der Waals surface area contributed by atoms with Gasteiger partial charge in [0, 0.05) is 6.54 Å². The Morgan fingerprint density at radius 2 is 1.77 bits per heavy atom. The Morgan fingerprint density at radius 1 is 1.16 bits per heavy atom. The van der Waals surface area contributed by atoms with E-state index >= 15 is 0 Å². The van der Waals surface area contributed by atoms with Crippen LogP contribution in [-0.2, 0) is 14.8 Å². The van der Waals surface area contributed by atoms with Gasteiger partial charge in [0.15, 0.2) is 0 Å². The number of sulfonamides is 1. The third-order valence-electron chi connectivity index (χ3n) is 5.36. The molecule has 0 spiro atoms. The monoisotopic (exact) mass is 446 g/mol. The molecule has 31 heavy (non-hydrogen) atoms. The Hall–Kier alpha value is -2.22. The minimum Gasteiger partial charge on any atom is -0.289 e. The van der Waals surface area contributed by atoms with Crippen molar-refractivity contribution in [2.24, 2.45) is 11.3 Å². The molecule has 2 aromatic rings. The molecule has 7 heteroatoms. The Labute approximate surface area is 186 Å². The summed E-state index contributed by atoms with van der Waals surface area (Å²) in [4.78, 5) is 12.6. The fraction of sp³-hybridized carbons (Fsp3) is 0.458. The van der Waals surface area contributed by atoms with E-state index in [-0.39, 0.29) is 12.5 Å². The third kappa shape index (κ3) is 5.73. The van der Waals surface area contributed by atoms with E-state index in [2.05, 4.69) is 6.58 Å². The molecule has 0 aliphatic heterocycles. The van der Waals surface area contributed by atoms with E-state index in [1.807, 2.05) is 50.2 Å². The van der Waals surface area contributed by atoms with Gasteiger partial charge in [-0.25, -0.2) is 13.9 Å². The molecule has 2 atom stereocenters. The number of hydrogen-bond acceptors (Lipinski definition) is 4. The minimum absolute atomic E-state index is 0.160. The normalized spacial score (nSPS) is 14.6. The predicted molar refractivity (Wildman–Crippen MR) is 125 cm³/mol. The first-order valence-electron chi connectivity index (χ1n) is 10.5. The van der Waals surface area contributed by atoms with Crippen LogP contribution in [0.1, 0.15) is 51.9 Å². The highest BCUT2D eigenvalue weighted by molar-refractivity contribution is 7.89. The molecule has 0 aliphatic rings. The zero-order valence-electron chi connectivity index (χ0n) is 19.0. The highest BCUT2D eigenvalue weighted by atomic mass is 32.2. The molecule has 2 aromatic carbocycles. The fourth-order valence-electron chi connectivity index (χ4n) is 3.77. The molecule has 0 saturated carbocycles. The van der Waals surface area contributed by atoms with Crippen LogP contribution in [0.25, 0.3) is 10.8 Å². The predicted octanol–water partition coefficient (Wildman–Crippen LogP) is 4.66. The summed E-state index contributed by atoms with van der Waals surface area (Å²) in [6.45, 7) is 13.3. The summed E-state index contributed by atoms with van der Waals surface area (Å²) in [5.74, 6) is -0.514.